The fraction of sp³-hybridized carbons (Fsp3) is 0.250. The number of ether oxygens (including phenoxy) is 3. The van der Waals surface area contributed by atoms with Crippen LogP contribution in [0.4, 0.5) is 0 Å². The summed E-state index contributed by atoms with van der Waals surface area (Å²) in [5.41, 5.74) is 1.91. The first-order valence-corrected chi connectivity index (χ1v) is 6.63. The zero-order chi connectivity index (χ0) is 14.5. The molecule has 0 aliphatic rings. The van der Waals surface area contributed by atoms with E-state index < -0.39 is 0 Å². The van der Waals surface area contributed by atoms with Gasteiger partial charge in [0.15, 0.2) is 11.5 Å². The number of alkyl halides is 1. The van der Waals surface area contributed by atoms with E-state index in [0.717, 1.165) is 16.9 Å². The molecule has 0 bridgehead atoms. The van der Waals surface area contributed by atoms with Crippen molar-refractivity contribution in [3.63, 3.8) is 0 Å². The van der Waals surface area contributed by atoms with Gasteiger partial charge in [-0.25, -0.2) is 0 Å². The summed E-state index contributed by atoms with van der Waals surface area (Å²) in [7, 11) is 4.85. The molecule has 1 atom stereocenters. The van der Waals surface area contributed by atoms with Gasteiger partial charge >= 0.3 is 0 Å². The van der Waals surface area contributed by atoms with Crippen molar-refractivity contribution in [1.29, 1.82) is 0 Å². The van der Waals surface area contributed by atoms with Crippen LogP contribution in [0.25, 0.3) is 0 Å². The molecule has 0 aromatic heterocycles. The summed E-state index contributed by atoms with van der Waals surface area (Å²) in [5, 5.41) is -0.273. The van der Waals surface area contributed by atoms with Crippen molar-refractivity contribution in [3.05, 3.63) is 53.6 Å². The van der Waals surface area contributed by atoms with E-state index in [2.05, 4.69) is 0 Å². The Morgan fingerprint density at radius 1 is 0.800 bits per heavy atom. The van der Waals surface area contributed by atoms with Gasteiger partial charge in [0, 0.05) is 0 Å². The Hall–Kier alpha value is -1.87. The Kier molecular flexibility index (Phi) is 4.74. The lowest BCUT2D eigenvalue weighted by molar-refractivity contribution is 0.354. The summed E-state index contributed by atoms with van der Waals surface area (Å²) in [5.74, 6) is 2.14. The summed E-state index contributed by atoms with van der Waals surface area (Å²) in [4.78, 5) is 0. The van der Waals surface area contributed by atoms with Crippen molar-refractivity contribution in [1.82, 2.24) is 0 Å². The van der Waals surface area contributed by atoms with Gasteiger partial charge in [0.25, 0.3) is 0 Å². The minimum atomic E-state index is -0.273. The Morgan fingerprint density at radius 3 is 2.15 bits per heavy atom. The molecule has 0 aliphatic heterocycles. The number of hydrogen-bond acceptors (Lipinski definition) is 3. The Labute approximate surface area is 124 Å². The lowest BCUT2D eigenvalue weighted by Crippen LogP contribution is -1.97. The smallest absolute Gasteiger partial charge is 0.161 e. The van der Waals surface area contributed by atoms with E-state index in [1.54, 1.807) is 21.3 Å². The van der Waals surface area contributed by atoms with E-state index >= 15 is 0 Å². The summed E-state index contributed by atoms with van der Waals surface area (Å²) < 4.78 is 15.7. The van der Waals surface area contributed by atoms with Gasteiger partial charge in [-0.1, -0.05) is 18.2 Å². The minimum absolute atomic E-state index is 0.273. The van der Waals surface area contributed by atoms with E-state index in [9.17, 15) is 0 Å². The maximum absolute atomic E-state index is 6.53. The second-order valence-electron chi connectivity index (χ2n) is 4.25. The summed E-state index contributed by atoms with van der Waals surface area (Å²) >= 11 is 6.53. The zero-order valence-corrected chi connectivity index (χ0v) is 12.5. The van der Waals surface area contributed by atoms with Crippen LogP contribution in [0.15, 0.2) is 42.5 Å². The molecule has 0 amide bonds. The monoisotopic (exact) mass is 292 g/mol. The van der Waals surface area contributed by atoms with Gasteiger partial charge in [0.05, 0.1) is 26.7 Å². The van der Waals surface area contributed by atoms with E-state index in [-0.39, 0.29) is 5.38 Å². The standard InChI is InChI=1S/C16H17ClO3/c1-18-13-6-4-5-11(9-13)16(17)12-7-8-14(19-2)15(10-12)20-3/h4-10,16H,1-3H3. The van der Waals surface area contributed by atoms with E-state index in [1.807, 2.05) is 42.5 Å². The van der Waals surface area contributed by atoms with Crippen LogP contribution >= 0.6 is 11.6 Å². The second kappa shape index (κ2) is 6.53. The van der Waals surface area contributed by atoms with E-state index in [4.69, 9.17) is 25.8 Å². The lowest BCUT2D eigenvalue weighted by atomic mass is 10.0. The fourth-order valence-electron chi connectivity index (χ4n) is 2.00. The molecule has 0 radical (unpaired) electrons. The third-order valence-electron chi connectivity index (χ3n) is 3.09. The Balaban J connectivity index is 2.34. The number of benzene rings is 2. The normalized spacial score (nSPS) is 11.8. The van der Waals surface area contributed by atoms with Crippen LogP contribution in [-0.4, -0.2) is 21.3 Å². The fourth-order valence-corrected chi connectivity index (χ4v) is 2.27. The SMILES string of the molecule is COc1cccc(C(Cl)c2ccc(OC)c(OC)c2)c1. The van der Waals surface area contributed by atoms with E-state index in [0.29, 0.717) is 11.5 Å². The largest absolute Gasteiger partial charge is 0.497 e. The topological polar surface area (TPSA) is 27.7 Å². The first kappa shape index (κ1) is 14.5. The summed E-state index contributed by atoms with van der Waals surface area (Å²) in [6.07, 6.45) is 0. The van der Waals surface area contributed by atoms with Crippen LogP contribution in [0.5, 0.6) is 17.2 Å². The Bertz CT molecular complexity index is 584. The van der Waals surface area contributed by atoms with Crippen LogP contribution in [0.2, 0.25) is 0 Å². The molecule has 0 fully saturated rings. The van der Waals surface area contributed by atoms with Gasteiger partial charge in [-0.05, 0) is 35.4 Å². The molecule has 0 heterocycles. The number of hydrogen-bond donors (Lipinski definition) is 0. The number of halogens is 1. The molecule has 1 unspecified atom stereocenters. The lowest BCUT2D eigenvalue weighted by Gasteiger charge is -2.14. The molecule has 2 aromatic rings. The van der Waals surface area contributed by atoms with Gasteiger partial charge in [-0.3, -0.25) is 0 Å². The molecule has 0 saturated carbocycles. The van der Waals surface area contributed by atoms with Gasteiger partial charge < -0.3 is 14.2 Å². The van der Waals surface area contributed by atoms with Gasteiger partial charge in [0.2, 0.25) is 0 Å². The van der Waals surface area contributed by atoms with E-state index in [1.165, 1.54) is 0 Å². The highest BCUT2D eigenvalue weighted by Gasteiger charge is 2.14. The summed E-state index contributed by atoms with van der Waals surface area (Å²) in [6.45, 7) is 0. The maximum Gasteiger partial charge on any atom is 0.161 e. The van der Waals surface area contributed by atoms with Crippen LogP contribution in [0.1, 0.15) is 16.5 Å². The van der Waals surface area contributed by atoms with Crippen molar-refractivity contribution >= 4 is 11.6 Å². The van der Waals surface area contributed by atoms with Crippen molar-refractivity contribution in [2.45, 2.75) is 5.38 Å². The highest BCUT2D eigenvalue weighted by atomic mass is 35.5. The third-order valence-corrected chi connectivity index (χ3v) is 3.59. The molecular formula is C16H17ClO3. The van der Waals surface area contributed by atoms with Crippen LogP contribution < -0.4 is 14.2 Å². The molecule has 20 heavy (non-hydrogen) atoms. The average molecular weight is 293 g/mol. The second-order valence-corrected chi connectivity index (χ2v) is 4.69. The van der Waals surface area contributed by atoms with Gasteiger partial charge in [-0.2, -0.15) is 0 Å². The molecule has 2 aromatic carbocycles. The molecule has 4 heteroatoms. The molecule has 0 aliphatic carbocycles. The molecular weight excluding hydrogens is 276 g/mol. The average Bonchev–Trinajstić information content (AvgIpc) is 2.53. The molecule has 2 rings (SSSR count). The molecule has 0 N–H and O–H groups in total. The third kappa shape index (κ3) is 2.99. The first-order valence-electron chi connectivity index (χ1n) is 6.19. The van der Waals surface area contributed by atoms with Crippen molar-refractivity contribution in [2.75, 3.05) is 21.3 Å². The quantitative estimate of drug-likeness (QED) is 0.779. The number of rotatable bonds is 5. The molecule has 3 nitrogen and oxygen atoms in total. The highest BCUT2D eigenvalue weighted by molar-refractivity contribution is 6.22. The first-order chi connectivity index (χ1) is 9.69. The molecule has 106 valence electrons. The maximum atomic E-state index is 6.53. The molecule has 0 saturated heterocycles. The van der Waals surface area contributed by atoms with Crippen molar-refractivity contribution in [2.24, 2.45) is 0 Å². The minimum Gasteiger partial charge on any atom is -0.497 e. The predicted molar refractivity (Wildman–Crippen MR) is 80.2 cm³/mol. The molecule has 0 spiro atoms. The highest BCUT2D eigenvalue weighted by Crippen LogP contribution is 2.36. The van der Waals surface area contributed by atoms with Gasteiger partial charge in [-0.15, -0.1) is 11.6 Å². The van der Waals surface area contributed by atoms with Crippen LogP contribution in [-0.2, 0) is 0 Å². The van der Waals surface area contributed by atoms with Crippen LogP contribution in [0, 0.1) is 0 Å². The van der Waals surface area contributed by atoms with Crippen molar-refractivity contribution in [3.8, 4) is 17.2 Å². The van der Waals surface area contributed by atoms with Gasteiger partial charge in [0.1, 0.15) is 5.75 Å². The van der Waals surface area contributed by atoms with Crippen LogP contribution in [0.3, 0.4) is 0 Å². The predicted octanol–water partition coefficient (Wildman–Crippen LogP) is 4.04. The van der Waals surface area contributed by atoms with Crippen molar-refractivity contribution < 1.29 is 14.2 Å². The number of methoxy groups -OCH3 is 3. The Morgan fingerprint density at radius 2 is 1.50 bits per heavy atom. The zero-order valence-electron chi connectivity index (χ0n) is 11.7. The summed E-state index contributed by atoms with van der Waals surface area (Å²) in [6, 6.07) is 13.4.